The molecule has 0 unspecified atom stereocenters. The number of ether oxygens (including phenoxy) is 2. The van der Waals surface area contributed by atoms with Gasteiger partial charge in [0.05, 0.1) is 6.42 Å². The van der Waals surface area contributed by atoms with E-state index in [2.05, 4.69) is 29.4 Å². The lowest BCUT2D eigenvalue weighted by Gasteiger charge is -2.18. The summed E-state index contributed by atoms with van der Waals surface area (Å²) in [5.74, 6) is 1.55. The van der Waals surface area contributed by atoms with Crippen LogP contribution in [0, 0.1) is 0 Å². The number of rotatable bonds is 6. The number of hydrogen-bond acceptors (Lipinski definition) is 7. The summed E-state index contributed by atoms with van der Waals surface area (Å²) in [6, 6.07) is 13.2. The second kappa shape index (κ2) is 8.57. The van der Waals surface area contributed by atoms with Crippen molar-refractivity contribution in [1.29, 1.82) is 0 Å². The molecule has 0 bridgehead atoms. The molecule has 1 aromatic heterocycles. The average molecular weight is 411 g/mol. The SMILES string of the molecule is CC(C)Sc1ccc(C(=O)Nc2nnc(Cc3ccc4c(c3)OCCO4)o2)cc1. The molecule has 1 aliphatic heterocycles. The highest BCUT2D eigenvalue weighted by molar-refractivity contribution is 7.99. The van der Waals surface area contributed by atoms with E-state index < -0.39 is 0 Å². The zero-order chi connectivity index (χ0) is 20.2. The van der Waals surface area contributed by atoms with Crippen LogP contribution in [0.15, 0.2) is 51.8 Å². The number of carbonyl (C=O) groups excluding carboxylic acids is 1. The Balaban J connectivity index is 1.38. The number of nitrogens with one attached hydrogen (secondary N) is 1. The van der Waals surface area contributed by atoms with Crippen LogP contribution in [0.5, 0.6) is 11.5 Å². The Hall–Kier alpha value is -3.00. The van der Waals surface area contributed by atoms with Gasteiger partial charge in [-0.15, -0.1) is 16.9 Å². The smallest absolute Gasteiger partial charge is 0.322 e. The third kappa shape index (κ3) is 4.89. The Morgan fingerprint density at radius 3 is 2.59 bits per heavy atom. The molecule has 8 heteroatoms. The highest BCUT2D eigenvalue weighted by Crippen LogP contribution is 2.31. The number of benzene rings is 2. The Morgan fingerprint density at radius 2 is 1.83 bits per heavy atom. The predicted octanol–water partition coefficient (Wildman–Crippen LogP) is 4.18. The first-order chi connectivity index (χ1) is 14.1. The average Bonchev–Trinajstić information content (AvgIpc) is 3.14. The Labute approximate surface area is 172 Å². The minimum Gasteiger partial charge on any atom is -0.486 e. The van der Waals surface area contributed by atoms with Gasteiger partial charge >= 0.3 is 6.01 Å². The van der Waals surface area contributed by atoms with Crippen molar-refractivity contribution >= 4 is 23.7 Å². The van der Waals surface area contributed by atoms with Crippen LogP contribution in [-0.2, 0) is 6.42 Å². The van der Waals surface area contributed by atoms with E-state index in [1.165, 1.54) is 0 Å². The standard InChI is InChI=1S/C21H21N3O4S/c1-13(2)29-16-6-4-15(5-7-16)20(25)22-21-24-23-19(28-21)12-14-3-8-17-18(11-14)27-10-9-26-17/h3-8,11,13H,9-10,12H2,1-2H3,(H,22,24,25). The van der Waals surface area contributed by atoms with Gasteiger partial charge in [-0.2, -0.15) is 0 Å². The molecule has 2 aromatic carbocycles. The minimum absolute atomic E-state index is 0.0724. The number of carbonyl (C=O) groups is 1. The summed E-state index contributed by atoms with van der Waals surface area (Å²) in [6.45, 7) is 5.34. The molecule has 1 N–H and O–H groups in total. The summed E-state index contributed by atoms with van der Waals surface area (Å²) >= 11 is 1.75. The monoisotopic (exact) mass is 411 g/mol. The van der Waals surface area contributed by atoms with E-state index in [-0.39, 0.29) is 11.9 Å². The van der Waals surface area contributed by atoms with Crippen molar-refractivity contribution in [3.63, 3.8) is 0 Å². The van der Waals surface area contributed by atoms with Crippen molar-refractivity contribution in [3.8, 4) is 11.5 Å². The van der Waals surface area contributed by atoms with E-state index in [1.54, 1.807) is 23.9 Å². The molecule has 0 fully saturated rings. The molecule has 0 spiro atoms. The highest BCUT2D eigenvalue weighted by Gasteiger charge is 2.15. The van der Waals surface area contributed by atoms with E-state index in [4.69, 9.17) is 13.9 Å². The van der Waals surface area contributed by atoms with Gasteiger partial charge in [0.25, 0.3) is 5.91 Å². The number of fused-ring (bicyclic) bond motifs is 1. The molecule has 2 heterocycles. The molecule has 29 heavy (non-hydrogen) atoms. The molecule has 150 valence electrons. The fraction of sp³-hybridized carbons (Fsp3) is 0.286. The summed E-state index contributed by atoms with van der Waals surface area (Å²) in [5.41, 5.74) is 1.48. The lowest BCUT2D eigenvalue weighted by molar-refractivity contribution is 0.102. The normalized spacial score (nSPS) is 12.8. The predicted molar refractivity (Wildman–Crippen MR) is 110 cm³/mol. The summed E-state index contributed by atoms with van der Waals surface area (Å²) in [5, 5.41) is 11.1. The van der Waals surface area contributed by atoms with Gasteiger partial charge in [0.1, 0.15) is 13.2 Å². The first-order valence-electron chi connectivity index (χ1n) is 9.36. The molecule has 0 radical (unpaired) electrons. The van der Waals surface area contributed by atoms with E-state index in [1.807, 2.05) is 30.3 Å². The van der Waals surface area contributed by atoms with Crippen LogP contribution in [0.4, 0.5) is 6.01 Å². The molecule has 1 aliphatic rings. The molecule has 0 atom stereocenters. The van der Waals surface area contributed by atoms with Gasteiger partial charge in [0, 0.05) is 15.7 Å². The van der Waals surface area contributed by atoms with Crippen molar-refractivity contribution in [2.24, 2.45) is 0 Å². The number of aromatic nitrogens is 2. The fourth-order valence-electron chi connectivity index (χ4n) is 2.87. The van der Waals surface area contributed by atoms with Gasteiger partial charge in [-0.05, 0) is 42.0 Å². The lowest BCUT2D eigenvalue weighted by atomic mass is 10.1. The van der Waals surface area contributed by atoms with Crippen LogP contribution >= 0.6 is 11.8 Å². The van der Waals surface area contributed by atoms with Crippen LogP contribution in [-0.4, -0.2) is 34.6 Å². The topological polar surface area (TPSA) is 86.5 Å². The van der Waals surface area contributed by atoms with E-state index in [0.717, 1.165) is 16.2 Å². The Bertz CT molecular complexity index is 1000. The van der Waals surface area contributed by atoms with E-state index in [0.29, 0.717) is 42.1 Å². The van der Waals surface area contributed by atoms with Crippen molar-refractivity contribution in [2.75, 3.05) is 18.5 Å². The van der Waals surface area contributed by atoms with Crippen molar-refractivity contribution in [3.05, 3.63) is 59.5 Å². The molecule has 0 saturated carbocycles. The maximum absolute atomic E-state index is 12.4. The molecule has 0 aliphatic carbocycles. The molecule has 1 amide bonds. The molecule has 0 saturated heterocycles. The second-order valence-electron chi connectivity index (χ2n) is 6.80. The third-order valence-corrected chi connectivity index (χ3v) is 5.15. The lowest BCUT2D eigenvalue weighted by Crippen LogP contribution is -2.15. The van der Waals surface area contributed by atoms with Crippen LogP contribution in [0.25, 0.3) is 0 Å². The number of nitrogens with zero attached hydrogens (tertiary/aromatic N) is 2. The van der Waals surface area contributed by atoms with Crippen molar-refractivity contribution in [2.45, 2.75) is 30.4 Å². The summed E-state index contributed by atoms with van der Waals surface area (Å²) in [4.78, 5) is 13.5. The summed E-state index contributed by atoms with van der Waals surface area (Å²) in [7, 11) is 0. The van der Waals surface area contributed by atoms with Crippen molar-refractivity contribution < 1.29 is 18.7 Å². The van der Waals surface area contributed by atoms with E-state index >= 15 is 0 Å². The van der Waals surface area contributed by atoms with Gasteiger partial charge in [0.2, 0.25) is 5.89 Å². The van der Waals surface area contributed by atoms with Gasteiger partial charge < -0.3 is 13.9 Å². The third-order valence-electron chi connectivity index (χ3n) is 4.14. The molecule has 7 nitrogen and oxygen atoms in total. The van der Waals surface area contributed by atoms with E-state index in [9.17, 15) is 4.79 Å². The highest BCUT2D eigenvalue weighted by atomic mass is 32.2. The zero-order valence-corrected chi connectivity index (χ0v) is 17.0. The van der Waals surface area contributed by atoms with Crippen LogP contribution in [0.1, 0.15) is 35.7 Å². The maximum atomic E-state index is 12.4. The van der Waals surface area contributed by atoms with Crippen LogP contribution in [0.2, 0.25) is 0 Å². The fourth-order valence-corrected chi connectivity index (χ4v) is 3.71. The van der Waals surface area contributed by atoms with Gasteiger partial charge in [-0.3, -0.25) is 10.1 Å². The first-order valence-corrected chi connectivity index (χ1v) is 10.2. The minimum atomic E-state index is -0.291. The van der Waals surface area contributed by atoms with Gasteiger partial charge in [-0.25, -0.2) is 0 Å². The number of hydrogen-bond donors (Lipinski definition) is 1. The Kier molecular flexibility index (Phi) is 5.71. The number of amides is 1. The number of thioether (sulfide) groups is 1. The second-order valence-corrected chi connectivity index (χ2v) is 8.45. The quantitative estimate of drug-likeness (QED) is 0.609. The Morgan fingerprint density at radius 1 is 1.07 bits per heavy atom. The van der Waals surface area contributed by atoms with Gasteiger partial charge in [-0.1, -0.05) is 25.0 Å². The first kappa shape index (κ1) is 19.3. The number of anilines is 1. The van der Waals surface area contributed by atoms with Crippen LogP contribution in [0.3, 0.4) is 0 Å². The zero-order valence-electron chi connectivity index (χ0n) is 16.2. The molecule has 4 rings (SSSR count). The molecule has 3 aromatic rings. The molecular formula is C21H21N3O4S. The summed E-state index contributed by atoms with van der Waals surface area (Å²) in [6.07, 6.45) is 0.431. The molecular weight excluding hydrogens is 390 g/mol. The van der Waals surface area contributed by atoms with Gasteiger partial charge in [0.15, 0.2) is 11.5 Å². The largest absolute Gasteiger partial charge is 0.486 e. The summed E-state index contributed by atoms with van der Waals surface area (Å²) < 4.78 is 16.7. The maximum Gasteiger partial charge on any atom is 0.322 e. The van der Waals surface area contributed by atoms with Crippen molar-refractivity contribution in [1.82, 2.24) is 10.2 Å². The van der Waals surface area contributed by atoms with Crippen LogP contribution < -0.4 is 14.8 Å².